The fourth-order valence-corrected chi connectivity index (χ4v) is 3.71. The summed E-state index contributed by atoms with van der Waals surface area (Å²) in [4.78, 5) is 1.50. The zero-order chi connectivity index (χ0) is 16.7. The fraction of sp³-hybridized carbons (Fsp3) is 0.667. The van der Waals surface area contributed by atoms with Gasteiger partial charge in [-0.1, -0.05) is 29.8 Å². The van der Waals surface area contributed by atoms with Crippen molar-refractivity contribution in [2.45, 2.75) is 26.4 Å². The zero-order valence-electron chi connectivity index (χ0n) is 14.1. The molecule has 0 aliphatic carbocycles. The van der Waals surface area contributed by atoms with E-state index in [-0.39, 0.29) is 0 Å². The van der Waals surface area contributed by atoms with Crippen LogP contribution in [0.3, 0.4) is 0 Å². The molecule has 1 aromatic rings. The first kappa shape index (κ1) is 18.7. The summed E-state index contributed by atoms with van der Waals surface area (Å²) in [6.07, 6.45) is 0.916. The third kappa shape index (κ3) is 7.21. The standard InChI is InChI=1S/C18H28BrNO3/c1-14-9-15(2)11-20(10-14)12-17(21)13-22-7-8-23-18-5-3-16(19)4-6-18/h3-6,14-15,17,21H,7-13H2,1-2H3/p+1/t14-,15-,17-/m0/s1. The number of hydrogen-bond acceptors (Lipinski definition) is 3. The molecule has 4 nitrogen and oxygen atoms in total. The van der Waals surface area contributed by atoms with Gasteiger partial charge in [0.1, 0.15) is 25.0 Å². The van der Waals surface area contributed by atoms with E-state index in [1.54, 1.807) is 0 Å². The number of ether oxygens (including phenoxy) is 2. The Morgan fingerprint density at radius 2 is 1.83 bits per heavy atom. The van der Waals surface area contributed by atoms with Crippen molar-refractivity contribution in [3.63, 3.8) is 0 Å². The van der Waals surface area contributed by atoms with Gasteiger partial charge in [-0.15, -0.1) is 0 Å². The van der Waals surface area contributed by atoms with Crippen molar-refractivity contribution in [2.24, 2.45) is 11.8 Å². The predicted molar refractivity (Wildman–Crippen MR) is 95.0 cm³/mol. The number of aliphatic hydroxyl groups excluding tert-OH is 1. The number of nitrogens with one attached hydrogen (secondary N) is 1. The summed E-state index contributed by atoms with van der Waals surface area (Å²) in [5, 5.41) is 10.1. The Bertz CT molecular complexity index is 444. The lowest BCUT2D eigenvalue weighted by molar-refractivity contribution is -0.915. The number of rotatable bonds is 8. The monoisotopic (exact) mass is 386 g/mol. The third-order valence-electron chi connectivity index (χ3n) is 4.22. The second-order valence-electron chi connectivity index (χ2n) is 6.84. The smallest absolute Gasteiger partial charge is 0.126 e. The van der Waals surface area contributed by atoms with Gasteiger partial charge in [-0.2, -0.15) is 0 Å². The number of hydrogen-bond donors (Lipinski definition) is 2. The molecule has 5 heteroatoms. The van der Waals surface area contributed by atoms with Crippen molar-refractivity contribution in [1.29, 1.82) is 0 Å². The first-order valence-corrected chi connectivity index (χ1v) is 9.30. The first-order chi connectivity index (χ1) is 11.0. The number of benzene rings is 1. The summed E-state index contributed by atoms with van der Waals surface area (Å²) in [7, 11) is 0. The van der Waals surface area contributed by atoms with Crippen LogP contribution in [0.4, 0.5) is 0 Å². The van der Waals surface area contributed by atoms with Crippen LogP contribution in [0.1, 0.15) is 20.3 Å². The van der Waals surface area contributed by atoms with Crippen molar-refractivity contribution < 1.29 is 19.5 Å². The molecule has 2 rings (SSSR count). The van der Waals surface area contributed by atoms with Gasteiger partial charge in [-0.3, -0.25) is 0 Å². The molecule has 0 radical (unpaired) electrons. The van der Waals surface area contributed by atoms with E-state index in [1.807, 2.05) is 24.3 Å². The second kappa shape index (κ2) is 9.62. The van der Waals surface area contributed by atoms with E-state index in [9.17, 15) is 5.11 Å². The molecule has 1 heterocycles. The quantitative estimate of drug-likeness (QED) is 0.669. The highest BCUT2D eigenvalue weighted by molar-refractivity contribution is 9.10. The summed E-state index contributed by atoms with van der Waals surface area (Å²) >= 11 is 3.39. The van der Waals surface area contributed by atoms with E-state index < -0.39 is 6.10 Å². The molecular formula is C18H29BrNO3+. The highest BCUT2D eigenvalue weighted by Gasteiger charge is 2.26. The molecule has 1 aliphatic heterocycles. The van der Waals surface area contributed by atoms with Crippen LogP contribution >= 0.6 is 15.9 Å². The van der Waals surface area contributed by atoms with Crippen LogP contribution in [-0.4, -0.2) is 50.7 Å². The third-order valence-corrected chi connectivity index (χ3v) is 4.75. The average Bonchev–Trinajstić information content (AvgIpc) is 2.47. The number of aliphatic hydroxyl groups is 1. The largest absolute Gasteiger partial charge is 0.491 e. The molecule has 1 saturated heterocycles. The van der Waals surface area contributed by atoms with Crippen LogP contribution in [0.5, 0.6) is 5.75 Å². The Morgan fingerprint density at radius 1 is 1.17 bits per heavy atom. The van der Waals surface area contributed by atoms with Crippen molar-refractivity contribution >= 4 is 15.9 Å². The molecule has 0 amide bonds. The Kier molecular flexibility index (Phi) is 7.83. The fourth-order valence-electron chi connectivity index (χ4n) is 3.45. The minimum Gasteiger partial charge on any atom is -0.491 e. The van der Waals surface area contributed by atoms with Gasteiger partial charge in [0.15, 0.2) is 0 Å². The maximum absolute atomic E-state index is 10.1. The molecule has 23 heavy (non-hydrogen) atoms. The second-order valence-corrected chi connectivity index (χ2v) is 7.76. The van der Waals surface area contributed by atoms with Crippen LogP contribution in [0.15, 0.2) is 28.7 Å². The van der Waals surface area contributed by atoms with Crippen molar-refractivity contribution in [3.8, 4) is 5.75 Å². The molecule has 2 N–H and O–H groups in total. The van der Waals surface area contributed by atoms with Crippen LogP contribution in [0, 0.1) is 11.8 Å². The maximum atomic E-state index is 10.1. The highest BCUT2D eigenvalue weighted by atomic mass is 79.9. The molecule has 0 unspecified atom stereocenters. The van der Waals surface area contributed by atoms with Gasteiger partial charge < -0.3 is 19.5 Å². The molecule has 1 aliphatic rings. The first-order valence-electron chi connectivity index (χ1n) is 8.50. The van der Waals surface area contributed by atoms with Crippen LogP contribution in [0.25, 0.3) is 0 Å². The average molecular weight is 387 g/mol. The molecule has 0 saturated carbocycles. The lowest BCUT2D eigenvalue weighted by Gasteiger charge is -2.33. The molecule has 1 fully saturated rings. The van der Waals surface area contributed by atoms with Crippen LogP contribution in [-0.2, 0) is 4.74 Å². The van der Waals surface area contributed by atoms with Gasteiger partial charge >= 0.3 is 0 Å². The van der Waals surface area contributed by atoms with Gasteiger partial charge in [-0.05, 0) is 30.7 Å². The minimum absolute atomic E-state index is 0.385. The Balaban J connectivity index is 1.56. The Hall–Kier alpha value is -0.620. The van der Waals surface area contributed by atoms with Crippen LogP contribution < -0.4 is 9.64 Å². The van der Waals surface area contributed by atoms with E-state index in [0.29, 0.717) is 19.8 Å². The summed E-state index contributed by atoms with van der Waals surface area (Å²) in [6.45, 7) is 9.09. The van der Waals surface area contributed by atoms with Gasteiger partial charge in [0.05, 0.1) is 26.3 Å². The SMILES string of the molecule is C[C@H]1C[C@H](C)C[NH+](C[C@H](O)COCCOc2ccc(Br)cc2)C1. The normalized spacial score (nSPS) is 26.0. The van der Waals surface area contributed by atoms with E-state index in [0.717, 1.165) is 41.7 Å². The van der Waals surface area contributed by atoms with Gasteiger partial charge in [0.25, 0.3) is 0 Å². The van der Waals surface area contributed by atoms with Gasteiger partial charge in [-0.25, -0.2) is 0 Å². The summed E-state index contributed by atoms with van der Waals surface area (Å²) in [6, 6.07) is 7.73. The Labute approximate surface area is 147 Å². The van der Waals surface area contributed by atoms with Crippen molar-refractivity contribution in [2.75, 3.05) is 39.5 Å². The lowest BCUT2D eigenvalue weighted by atomic mass is 9.92. The molecule has 0 spiro atoms. The van der Waals surface area contributed by atoms with E-state index >= 15 is 0 Å². The van der Waals surface area contributed by atoms with E-state index in [1.165, 1.54) is 11.3 Å². The summed E-state index contributed by atoms with van der Waals surface area (Å²) < 4.78 is 12.2. The predicted octanol–water partition coefficient (Wildman–Crippen LogP) is 1.77. The minimum atomic E-state index is -0.393. The zero-order valence-corrected chi connectivity index (χ0v) is 15.7. The van der Waals surface area contributed by atoms with Gasteiger partial charge in [0, 0.05) is 16.3 Å². The topological polar surface area (TPSA) is 43.1 Å². The van der Waals surface area contributed by atoms with E-state index in [4.69, 9.17) is 9.47 Å². The van der Waals surface area contributed by atoms with Crippen molar-refractivity contribution in [1.82, 2.24) is 0 Å². The summed E-state index contributed by atoms with van der Waals surface area (Å²) in [5.41, 5.74) is 0. The number of quaternary nitrogens is 1. The molecule has 0 aromatic heterocycles. The van der Waals surface area contributed by atoms with Gasteiger partial charge in [0.2, 0.25) is 0 Å². The highest BCUT2D eigenvalue weighted by Crippen LogP contribution is 2.15. The number of piperidine rings is 1. The molecule has 130 valence electrons. The van der Waals surface area contributed by atoms with Crippen molar-refractivity contribution in [3.05, 3.63) is 28.7 Å². The number of likely N-dealkylation sites (tertiary alicyclic amines) is 1. The number of halogens is 1. The van der Waals surface area contributed by atoms with Crippen LogP contribution in [0.2, 0.25) is 0 Å². The molecule has 1 aromatic carbocycles. The molecule has 3 atom stereocenters. The Morgan fingerprint density at radius 3 is 2.48 bits per heavy atom. The molecular weight excluding hydrogens is 358 g/mol. The maximum Gasteiger partial charge on any atom is 0.126 e. The molecule has 0 bridgehead atoms. The summed E-state index contributed by atoms with van der Waals surface area (Å²) in [5.74, 6) is 2.33. The van der Waals surface area contributed by atoms with E-state index in [2.05, 4.69) is 29.8 Å². The lowest BCUT2D eigenvalue weighted by Crippen LogP contribution is -3.15.